The van der Waals surface area contributed by atoms with E-state index in [-0.39, 0.29) is 58.6 Å². The molecule has 7 aliphatic rings. The monoisotopic (exact) mass is 1460 g/mol. The van der Waals surface area contributed by atoms with Crippen molar-refractivity contribution in [1.82, 2.24) is 5.06 Å². The number of ether oxygens (including phenoxy) is 1. The van der Waals surface area contributed by atoms with Gasteiger partial charge in [-0.05, 0) is 142 Å². The zero-order chi connectivity index (χ0) is 73.5. The minimum Gasteiger partial charge on any atom is -0.773 e. The number of carbonyl (C=O) groups excluding carboxylic acids is 3. The fourth-order valence-electron chi connectivity index (χ4n) is 13.7. The van der Waals surface area contributed by atoms with Crippen molar-refractivity contribution in [2.24, 2.45) is 58.4 Å². The number of methoxy groups -OCH3 is 1. The minimum absolute atomic E-state index is 0.0114. The van der Waals surface area contributed by atoms with Gasteiger partial charge in [0.1, 0.15) is 11.8 Å². The number of nitrogens with zero attached hydrogens (tertiary/aromatic N) is 4. The number of benzene rings is 4. The number of rotatable bonds is 14. The van der Waals surface area contributed by atoms with Gasteiger partial charge < -0.3 is 14.5 Å². The van der Waals surface area contributed by atoms with Crippen LogP contribution in [0.3, 0.4) is 0 Å². The fourth-order valence-corrected chi connectivity index (χ4v) is 15.9. The van der Waals surface area contributed by atoms with Crippen LogP contribution in [-0.4, -0.2) is 117 Å². The lowest BCUT2D eigenvalue weighted by Crippen LogP contribution is -2.67. The maximum Gasteiger partial charge on any atom is 0.419 e. The maximum atomic E-state index is 14.1. The van der Waals surface area contributed by atoms with E-state index in [1.165, 1.54) is 0 Å². The van der Waals surface area contributed by atoms with Crippen LogP contribution >= 0.6 is 0 Å². The van der Waals surface area contributed by atoms with Gasteiger partial charge in [-0.15, -0.1) is 5.06 Å². The van der Waals surface area contributed by atoms with Crippen molar-refractivity contribution >= 4 is 71.2 Å². The van der Waals surface area contributed by atoms with Crippen molar-refractivity contribution in [2.75, 3.05) is 19.6 Å². The average molecular weight is 1460 g/mol. The molecule has 98 heavy (non-hydrogen) atoms. The molecule has 0 aromatic heterocycles. The third-order valence-electron chi connectivity index (χ3n) is 18.0. The predicted octanol–water partition coefficient (Wildman–Crippen LogP) is 13.5. The second-order valence-electron chi connectivity index (χ2n) is 24.2. The topological polar surface area (TPSA) is 301 Å². The van der Waals surface area contributed by atoms with Crippen molar-refractivity contribution < 1.29 is 121 Å². The lowest BCUT2D eigenvalue weighted by molar-refractivity contribution is -0.386. The number of fused-ring (bicyclic) bond motifs is 6. The number of oxime groups is 1. The molecule has 6 aliphatic carbocycles. The number of carbonyl (C=O) groups is 3. The molecule has 4 aromatic rings. The summed E-state index contributed by atoms with van der Waals surface area (Å²) in [6.07, 6.45) is -8.53. The average Bonchev–Trinajstić information content (AvgIpc) is 1.35. The van der Waals surface area contributed by atoms with Crippen molar-refractivity contribution in [3.63, 3.8) is 0 Å². The van der Waals surface area contributed by atoms with E-state index in [9.17, 15) is 104 Å². The van der Waals surface area contributed by atoms with Gasteiger partial charge in [-0.3, -0.25) is 38.1 Å². The van der Waals surface area contributed by atoms with Crippen molar-refractivity contribution in [1.29, 1.82) is 5.26 Å². The molecule has 5 fully saturated rings. The van der Waals surface area contributed by atoms with Crippen molar-refractivity contribution in [2.45, 2.75) is 112 Å². The van der Waals surface area contributed by atoms with Gasteiger partial charge in [0, 0.05) is 35.6 Å². The van der Waals surface area contributed by atoms with E-state index in [1.54, 1.807) is 86.0 Å². The van der Waals surface area contributed by atoms with Crippen LogP contribution in [0.2, 0.25) is 0 Å². The molecule has 536 valence electrons. The molecule has 2 amide bonds. The molecule has 11 rings (SSSR count). The Balaban J connectivity index is 0.000000202. The number of halogens is 13. The highest BCUT2D eigenvalue weighted by molar-refractivity contribution is 7.92. The Hall–Kier alpha value is -7.65. The number of Topliss-reactive ketones (excluding diaryl/α,β-unsaturated/α-hetero) is 1. The molecule has 0 saturated heterocycles. The Bertz CT molecular complexity index is 3860. The van der Waals surface area contributed by atoms with Crippen LogP contribution in [0, 0.1) is 74.7 Å². The van der Waals surface area contributed by atoms with Crippen LogP contribution in [-0.2, 0) is 62.4 Å². The Morgan fingerprint density at radius 1 is 0.724 bits per heavy atom. The third kappa shape index (κ3) is 17.7. The van der Waals surface area contributed by atoms with Gasteiger partial charge in [-0.2, -0.15) is 62.0 Å². The summed E-state index contributed by atoms with van der Waals surface area (Å²) >= 11 is -1.86. The van der Waals surface area contributed by atoms with Gasteiger partial charge >= 0.3 is 23.8 Å². The second kappa shape index (κ2) is 31.3. The molecule has 10 unspecified atom stereocenters. The summed E-state index contributed by atoms with van der Waals surface area (Å²) in [7, 11) is -9.83. The lowest BCUT2D eigenvalue weighted by atomic mass is 9.77. The van der Waals surface area contributed by atoms with E-state index in [1.807, 2.05) is 18.2 Å². The molecular weight excluding hydrogens is 1400 g/mol. The number of nitro benzene ring substituents is 1. The van der Waals surface area contributed by atoms with Crippen LogP contribution < -0.4 is 4.74 Å². The highest BCUT2D eigenvalue weighted by Crippen LogP contribution is 2.63. The molecule has 5 saturated carbocycles. The highest BCUT2D eigenvalue weighted by atomic mass is 32.2. The Labute approximate surface area is 555 Å². The summed E-state index contributed by atoms with van der Waals surface area (Å²) in [6, 6.07) is 27.5. The number of sulfone groups is 1. The fraction of sp³-hybridized carbons (Fsp3) is 0.476. The summed E-state index contributed by atoms with van der Waals surface area (Å²) in [5.74, 6) is -9.02. The number of alkyl halides is 13. The van der Waals surface area contributed by atoms with Crippen molar-refractivity contribution in [3.05, 3.63) is 153 Å². The van der Waals surface area contributed by atoms with Gasteiger partial charge in [0.05, 0.1) is 40.9 Å². The number of nitriles is 1. The van der Waals surface area contributed by atoms with Crippen LogP contribution in [0.1, 0.15) is 98.9 Å². The summed E-state index contributed by atoms with van der Waals surface area (Å²) in [4.78, 5) is 45.5. The molecule has 1 heterocycles. The SMILES string of the molecule is CC(F)(F)C1CC2C=CC1C2.COc1ccc(C(C#N)=NO)cc1.CS(=O)(=O)C(F)(F)C(=O)C1CC2CCC1C2.CS(=O)[O-].O=C1C(c2ccccc2)=C(c2ccccc2)C(=O)N1O.O=[N+]([O-])c1cccc(C(F)(F)F)c1COS(=O)(=O)C(C1CC2CCC1C2)(C(F)(F)F)C(F)(F)F. The van der Waals surface area contributed by atoms with Gasteiger partial charge in [0.15, 0.2) is 5.71 Å². The first-order valence-electron chi connectivity index (χ1n) is 29.6. The number of hydrogen-bond acceptors (Lipinski definition) is 17. The number of allylic oxidation sites excluding steroid dienone is 2. The quantitative estimate of drug-likeness (QED) is 0.0113. The Morgan fingerprint density at radius 2 is 1.22 bits per heavy atom. The molecule has 0 radical (unpaired) electrons. The largest absolute Gasteiger partial charge is 0.773 e. The van der Waals surface area contributed by atoms with E-state index < -0.39 is 142 Å². The normalized spacial score (nSPS) is 23.8. The third-order valence-corrected chi connectivity index (χ3v) is 21.1. The maximum absolute atomic E-state index is 14.1. The molecule has 2 N–H and O–H groups in total. The second-order valence-corrected chi connectivity index (χ2v) is 28.8. The van der Waals surface area contributed by atoms with Gasteiger partial charge in [0.2, 0.25) is 21.5 Å². The number of hydrogen-bond donors (Lipinski definition) is 2. The van der Waals surface area contributed by atoms with Crippen LogP contribution in [0.4, 0.5) is 62.8 Å². The molecule has 35 heteroatoms. The standard InChI is InChI=1S/C18H16F9NO5S.C16H11NO3.C10H14F2O3S.C9H12F2.C9H8N2O2.CH4O2S/c19-16(20,21)12-2-1-3-14(28(29)30)11(12)8-33-34(31,32)15(17(22,23)24,18(25,26)27)13-7-9-4-5-10(13)6-9;18-15-13(11-7-3-1-4-8-11)14(16(19)17(15)20)12-9-5-2-6-10-12;1-16(14,15)10(11,12)9(13)8-5-6-2-3-7(8)4-6;1-9(10,11)8-5-6-2-3-7(8)4-6;1-13-8-4-2-7(3-5-8)9(6-10)11-12;1-4(2)3/h1-3,9-10,13H,4-8H2;1-10,20H;6-8H,2-5H2,1H3;2-3,6-8H,4-5H2,1H3;2-5,12H,1H3;1H3,(H,2,3)/p-1. The van der Waals surface area contributed by atoms with E-state index >= 15 is 0 Å². The zero-order valence-corrected chi connectivity index (χ0v) is 54.5. The van der Waals surface area contributed by atoms with Crippen LogP contribution in [0.25, 0.3) is 11.1 Å². The number of nitro groups is 1. The zero-order valence-electron chi connectivity index (χ0n) is 52.1. The van der Waals surface area contributed by atoms with E-state index in [4.69, 9.17) is 24.0 Å². The molecule has 10 atom stereocenters. The first kappa shape index (κ1) is 79.3. The number of hydroxylamine groups is 2. The van der Waals surface area contributed by atoms with Crippen molar-refractivity contribution in [3.8, 4) is 11.8 Å². The first-order chi connectivity index (χ1) is 45.4. The van der Waals surface area contributed by atoms with Crippen LogP contribution in [0.15, 0.2) is 120 Å². The molecule has 4 aromatic carbocycles. The Kier molecular flexibility index (Phi) is 25.3. The Morgan fingerprint density at radius 3 is 1.57 bits per heavy atom. The molecule has 19 nitrogen and oxygen atoms in total. The summed E-state index contributed by atoms with van der Waals surface area (Å²) in [5.41, 5.74) is -2.50. The molecule has 1 aliphatic heterocycles. The smallest absolute Gasteiger partial charge is 0.419 e. The van der Waals surface area contributed by atoms with Gasteiger partial charge in [-0.1, -0.05) is 108 Å². The predicted molar refractivity (Wildman–Crippen MR) is 324 cm³/mol. The lowest BCUT2D eigenvalue weighted by Gasteiger charge is -2.43. The van der Waals surface area contributed by atoms with Crippen LogP contribution in [0.5, 0.6) is 5.75 Å². The first-order valence-corrected chi connectivity index (χ1v) is 34.4. The van der Waals surface area contributed by atoms with Gasteiger partial charge in [0.25, 0.3) is 32.4 Å². The number of ketones is 1. The highest BCUT2D eigenvalue weighted by Gasteiger charge is 2.84. The molecule has 0 spiro atoms. The van der Waals surface area contributed by atoms with E-state index in [0.29, 0.717) is 71.9 Å². The molecule has 6 bridgehead atoms. The summed E-state index contributed by atoms with van der Waals surface area (Å²) in [5, 5.41) is 36.5. The molecular formula is C63H64F13N4O15S3-. The van der Waals surface area contributed by atoms with E-state index in [0.717, 1.165) is 38.9 Å². The summed E-state index contributed by atoms with van der Waals surface area (Å²) in [6.45, 7) is -1.00. The number of amides is 2. The minimum atomic E-state index is -6.75. The number of imide groups is 1. The van der Waals surface area contributed by atoms with E-state index in [2.05, 4.69) is 15.4 Å². The summed E-state index contributed by atoms with van der Waals surface area (Å²) < 4.78 is 245. The van der Waals surface area contributed by atoms with Gasteiger partial charge in [-0.25, -0.2) is 17.2 Å².